The molecule has 0 spiro atoms. The lowest BCUT2D eigenvalue weighted by atomic mass is 10.1. The predicted molar refractivity (Wildman–Crippen MR) is 125 cm³/mol. The maximum atomic E-state index is 13.6. The summed E-state index contributed by atoms with van der Waals surface area (Å²) < 4.78 is 15.4. The van der Waals surface area contributed by atoms with Crippen molar-refractivity contribution in [1.29, 1.82) is 0 Å². The number of piperazine rings is 1. The first-order valence-corrected chi connectivity index (χ1v) is 11.0. The zero-order valence-corrected chi connectivity index (χ0v) is 18.7. The van der Waals surface area contributed by atoms with E-state index in [-0.39, 0.29) is 5.82 Å². The van der Waals surface area contributed by atoms with Crippen LogP contribution in [-0.4, -0.2) is 45.8 Å². The molecule has 0 amide bonds. The lowest BCUT2D eigenvalue weighted by molar-refractivity contribution is 0.625. The molecule has 2 aromatic heterocycles. The van der Waals surface area contributed by atoms with E-state index in [1.54, 1.807) is 6.07 Å². The highest BCUT2D eigenvalue weighted by Crippen LogP contribution is 2.26. The van der Waals surface area contributed by atoms with Gasteiger partial charge >= 0.3 is 0 Å². The number of hydrogen-bond acceptors (Lipinski definition) is 5. The fourth-order valence-corrected chi connectivity index (χ4v) is 4.39. The van der Waals surface area contributed by atoms with Crippen LogP contribution in [0.25, 0.3) is 5.78 Å². The Morgan fingerprint density at radius 1 is 0.875 bits per heavy atom. The first-order chi connectivity index (χ1) is 15.5. The van der Waals surface area contributed by atoms with Gasteiger partial charge in [-0.05, 0) is 55.7 Å². The Morgan fingerprint density at radius 2 is 1.62 bits per heavy atom. The van der Waals surface area contributed by atoms with Crippen molar-refractivity contribution >= 4 is 17.3 Å². The third-order valence-corrected chi connectivity index (χ3v) is 6.24. The summed E-state index contributed by atoms with van der Waals surface area (Å²) in [5, 5.41) is 4.72. The standard InChI is InChI=1S/C25H27FN6/c1-17-6-4-9-22(19(17)3)30-10-12-31(13-11-30)24-14-18(2)27-25-28-23(29-32(24)25)16-20-7-5-8-21(26)15-20/h4-9,14-15H,10-13,16H2,1-3H3. The summed E-state index contributed by atoms with van der Waals surface area (Å²) in [6, 6.07) is 15.2. The summed E-state index contributed by atoms with van der Waals surface area (Å²) in [6.45, 7) is 10.0. The molecule has 1 saturated heterocycles. The molecule has 0 unspecified atom stereocenters. The molecule has 0 N–H and O–H groups in total. The van der Waals surface area contributed by atoms with Gasteiger partial charge in [0, 0.05) is 50.0 Å². The fourth-order valence-electron chi connectivity index (χ4n) is 4.39. The van der Waals surface area contributed by atoms with Gasteiger partial charge < -0.3 is 9.80 Å². The molecular formula is C25H27FN6. The van der Waals surface area contributed by atoms with Crippen LogP contribution in [0.3, 0.4) is 0 Å². The molecule has 0 bridgehead atoms. The summed E-state index contributed by atoms with van der Waals surface area (Å²) in [4.78, 5) is 14.0. The minimum atomic E-state index is -0.248. The molecule has 3 heterocycles. The Bertz CT molecular complexity index is 1270. The molecule has 7 heteroatoms. The summed E-state index contributed by atoms with van der Waals surface area (Å²) >= 11 is 0. The third-order valence-electron chi connectivity index (χ3n) is 6.24. The number of benzene rings is 2. The molecule has 1 aliphatic heterocycles. The number of halogens is 1. The van der Waals surface area contributed by atoms with Gasteiger partial charge in [-0.25, -0.2) is 9.37 Å². The Kier molecular flexibility index (Phi) is 5.25. The summed E-state index contributed by atoms with van der Waals surface area (Å²) in [5.74, 6) is 1.99. The number of rotatable bonds is 4. The predicted octanol–water partition coefficient (Wildman–Crippen LogP) is 4.11. The van der Waals surface area contributed by atoms with Gasteiger partial charge in [0.1, 0.15) is 11.6 Å². The lowest BCUT2D eigenvalue weighted by Crippen LogP contribution is -2.47. The van der Waals surface area contributed by atoms with Crippen molar-refractivity contribution in [2.75, 3.05) is 36.0 Å². The third kappa shape index (κ3) is 3.90. The number of nitrogens with zero attached hydrogens (tertiary/aromatic N) is 6. The molecule has 5 rings (SSSR count). The topological polar surface area (TPSA) is 49.6 Å². The van der Waals surface area contributed by atoms with Gasteiger partial charge in [-0.2, -0.15) is 9.50 Å². The summed E-state index contributed by atoms with van der Waals surface area (Å²) in [7, 11) is 0. The highest BCUT2D eigenvalue weighted by molar-refractivity contribution is 5.58. The van der Waals surface area contributed by atoms with E-state index in [0.29, 0.717) is 18.0 Å². The Hall–Kier alpha value is -3.48. The largest absolute Gasteiger partial charge is 0.368 e. The van der Waals surface area contributed by atoms with Crippen LogP contribution in [0.15, 0.2) is 48.5 Å². The first kappa shape index (κ1) is 20.4. The number of aryl methyl sites for hydroxylation is 2. The molecule has 0 atom stereocenters. The zero-order valence-electron chi connectivity index (χ0n) is 18.7. The average molecular weight is 431 g/mol. The van der Waals surface area contributed by atoms with Gasteiger partial charge in [0.25, 0.3) is 5.78 Å². The fraction of sp³-hybridized carbons (Fsp3) is 0.320. The lowest BCUT2D eigenvalue weighted by Gasteiger charge is -2.38. The first-order valence-electron chi connectivity index (χ1n) is 11.0. The van der Waals surface area contributed by atoms with Crippen molar-refractivity contribution in [3.63, 3.8) is 0 Å². The molecule has 0 radical (unpaired) electrons. The summed E-state index contributed by atoms with van der Waals surface area (Å²) in [6.07, 6.45) is 0.472. The van der Waals surface area contributed by atoms with Crippen molar-refractivity contribution in [2.45, 2.75) is 27.2 Å². The maximum Gasteiger partial charge on any atom is 0.254 e. The molecular weight excluding hydrogens is 403 g/mol. The summed E-state index contributed by atoms with van der Waals surface area (Å²) in [5.41, 5.74) is 5.75. The molecule has 4 aromatic rings. The molecule has 2 aromatic carbocycles. The zero-order chi connectivity index (χ0) is 22.2. The molecule has 0 saturated carbocycles. The highest BCUT2D eigenvalue weighted by Gasteiger charge is 2.22. The van der Waals surface area contributed by atoms with Gasteiger partial charge in [-0.1, -0.05) is 24.3 Å². The smallest absolute Gasteiger partial charge is 0.254 e. The van der Waals surface area contributed by atoms with Crippen molar-refractivity contribution in [1.82, 2.24) is 19.6 Å². The van der Waals surface area contributed by atoms with E-state index < -0.39 is 0 Å². The van der Waals surface area contributed by atoms with Crippen LogP contribution in [-0.2, 0) is 6.42 Å². The molecule has 0 aliphatic carbocycles. The number of fused-ring (bicyclic) bond motifs is 1. The van der Waals surface area contributed by atoms with Gasteiger partial charge in [-0.3, -0.25) is 0 Å². The van der Waals surface area contributed by atoms with E-state index in [9.17, 15) is 4.39 Å². The SMILES string of the molecule is Cc1cc(N2CCN(c3cccc(C)c3C)CC2)n2nc(Cc3cccc(F)c3)nc2n1. The van der Waals surface area contributed by atoms with Crippen LogP contribution in [0, 0.1) is 26.6 Å². The minimum Gasteiger partial charge on any atom is -0.368 e. The second-order valence-corrected chi connectivity index (χ2v) is 8.50. The van der Waals surface area contributed by atoms with E-state index in [2.05, 4.69) is 57.9 Å². The van der Waals surface area contributed by atoms with Gasteiger partial charge in [0.2, 0.25) is 0 Å². The number of anilines is 2. The minimum absolute atomic E-state index is 0.248. The van der Waals surface area contributed by atoms with E-state index in [4.69, 9.17) is 5.10 Å². The molecule has 32 heavy (non-hydrogen) atoms. The van der Waals surface area contributed by atoms with Crippen molar-refractivity contribution in [3.8, 4) is 0 Å². The average Bonchev–Trinajstić information content (AvgIpc) is 3.17. The second-order valence-electron chi connectivity index (χ2n) is 8.50. The van der Waals surface area contributed by atoms with Gasteiger partial charge in [-0.15, -0.1) is 5.10 Å². The van der Waals surface area contributed by atoms with Crippen LogP contribution < -0.4 is 9.80 Å². The Morgan fingerprint density at radius 3 is 2.41 bits per heavy atom. The monoisotopic (exact) mass is 430 g/mol. The van der Waals surface area contributed by atoms with E-state index in [1.165, 1.54) is 28.9 Å². The van der Waals surface area contributed by atoms with Gasteiger partial charge in [0.15, 0.2) is 5.82 Å². The second kappa shape index (κ2) is 8.22. The van der Waals surface area contributed by atoms with Crippen LogP contribution in [0.5, 0.6) is 0 Å². The Balaban J connectivity index is 1.39. The van der Waals surface area contributed by atoms with E-state index in [1.807, 2.05) is 17.5 Å². The van der Waals surface area contributed by atoms with Crippen molar-refractivity contribution < 1.29 is 4.39 Å². The quantitative estimate of drug-likeness (QED) is 0.488. The van der Waals surface area contributed by atoms with Crippen LogP contribution in [0.1, 0.15) is 28.2 Å². The van der Waals surface area contributed by atoms with Crippen LogP contribution in [0.2, 0.25) is 0 Å². The number of aromatic nitrogens is 4. The van der Waals surface area contributed by atoms with Crippen LogP contribution in [0.4, 0.5) is 15.9 Å². The molecule has 1 fully saturated rings. The highest BCUT2D eigenvalue weighted by atomic mass is 19.1. The van der Waals surface area contributed by atoms with Crippen molar-refractivity contribution in [3.05, 3.63) is 82.6 Å². The molecule has 6 nitrogen and oxygen atoms in total. The van der Waals surface area contributed by atoms with E-state index >= 15 is 0 Å². The maximum absolute atomic E-state index is 13.6. The van der Waals surface area contributed by atoms with E-state index in [0.717, 1.165) is 43.3 Å². The molecule has 1 aliphatic rings. The van der Waals surface area contributed by atoms with Crippen LogP contribution >= 0.6 is 0 Å². The molecule has 164 valence electrons. The Labute approximate surface area is 187 Å². The van der Waals surface area contributed by atoms with Gasteiger partial charge in [0.05, 0.1) is 0 Å². The van der Waals surface area contributed by atoms with Crippen molar-refractivity contribution in [2.24, 2.45) is 0 Å². The normalized spacial score (nSPS) is 14.4. The number of hydrogen-bond donors (Lipinski definition) is 0.